The highest BCUT2D eigenvalue weighted by atomic mass is 16.5. The summed E-state index contributed by atoms with van der Waals surface area (Å²) in [7, 11) is 0. The Morgan fingerprint density at radius 2 is 2.00 bits per heavy atom. The molecule has 0 saturated carbocycles. The monoisotopic (exact) mass is 332 g/mol. The zero-order valence-corrected chi connectivity index (χ0v) is 14.4. The molecule has 3 aromatic rings. The Morgan fingerprint density at radius 1 is 1.16 bits per heavy atom. The lowest BCUT2D eigenvalue weighted by Crippen LogP contribution is -2.11. The maximum Gasteiger partial charge on any atom is 0.340 e. The molecule has 1 aliphatic rings. The van der Waals surface area contributed by atoms with Crippen LogP contribution in [0.1, 0.15) is 34.0 Å². The summed E-state index contributed by atoms with van der Waals surface area (Å²) in [6, 6.07) is 10.1. The first kappa shape index (κ1) is 15.6. The van der Waals surface area contributed by atoms with Crippen molar-refractivity contribution in [2.24, 2.45) is 0 Å². The molecular weight excluding hydrogens is 312 g/mol. The lowest BCUT2D eigenvalue weighted by Gasteiger charge is -2.16. The highest BCUT2D eigenvalue weighted by molar-refractivity contribution is 6.01. The van der Waals surface area contributed by atoms with E-state index in [4.69, 9.17) is 4.74 Å². The van der Waals surface area contributed by atoms with E-state index in [-0.39, 0.29) is 5.97 Å². The van der Waals surface area contributed by atoms with E-state index in [1.807, 2.05) is 37.4 Å². The molecule has 0 fully saturated rings. The molecule has 1 aromatic carbocycles. The molecule has 1 aliphatic carbocycles. The van der Waals surface area contributed by atoms with Crippen LogP contribution in [0, 0.1) is 6.92 Å². The first-order chi connectivity index (χ1) is 12.2. The number of pyridine rings is 1. The van der Waals surface area contributed by atoms with Crippen molar-refractivity contribution in [3.05, 3.63) is 65.0 Å². The van der Waals surface area contributed by atoms with Gasteiger partial charge in [0, 0.05) is 23.5 Å². The number of aryl methyl sites for hydroxylation is 2. The van der Waals surface area contributed by atoms with Crippen molar-refractivity contribution in [2.45, 2.75) is 26.7 Å². The molecule has 4 heteroatoms. The Balaban J connectivity index is 1.98. The number of rotatable bonds is 3. The predicted octanol–water partition coefficient (Wildman–Crippen LogP) is 4.33. The molecule has 126 valence electrons. The molecule has 4 nitrogen and oxygen atoms in total. The van der Waals surface area contributed by atoms with Crippen LogP contribution in [0.4, 0.5) is 0 Å². The van der Waals surface area contributed by atoms with Gasteiger partial charge in [0.05, 0.1) is 23.6 Å². The molecule has 4 rings (SSSR count). The number of fused-ring (bicyclic) bond motifs is 3. The third-order valence-corrected chi connectivity index (χ3v) is 4.81. The quantitative estimate of drug-likeness (QED) is 0.726. The van der Waals surface area contributed by atoms with Crippen LogP contribution in [-0.4, -0.2) is 22.5 Å². The maximum atomic E-state index is 12.7. The highest BCUT2D eigenvalue weighted by Crippen LogP contribution is 2.40. The molecule has 25 heavy (non-hydrogen) atoms. The zero-order chi connectivity index (χ0) is 17.4. The lowest BCUT2D eigenvalue weighted by molar-refractivity contribution is 0.0526. The molecule has 0 atom stereocenters. The Kier molecular flexibility index (Phi) is 3.88. The zero-order valence-electron chi connectivity index (χ0n) is 14.4. The van der Waals surface area contributed by atoms with Crippen molar-refractivity contribution in [3.63, 3.8) is 0 Å². The summed E-state index contributed by atoms with van der Waals surface area (Å²) in [5.74, 6) is -0.254. The van der Waals surface area contributed by atoms with E-state index in [9.17, 15) is 4.79 Å². The molecule has 0 radical (unpaired) electrons. The standard InChI is InChI=1S/C21H20N2O2/c1-3-25-21(24)18-17-9-8-14-12-22-11-10-16(14)19(17)23-20(18)15-7-5-4-6-13(15)2/h4-7,10-12,23H,3,8-9H2,1-2H3. The van der Waals surface area contributed by atoms with Crippen molar-refractivity contribution in [1.82, 2.24) is 9.97 Å². The van der Waals surface area contributed by atoms with Crippen molar-refractivity contribution >= 4 is 5.97 Å². The number of ether oxygens (including phenoxy) is 1. The van der Waals surface area contributed by atoms with Crippen LogP contribution in [0.3, 0.4) is 0 Å². The summed E-state index contributed by atoms with van der Waals surface area (Å²) in [4.78, 5) is 20.5. The van der Waals surface area contributed by atoms with Gasteiger partial charge < -0.3 is 9.72 Å². The summed E-state index contributed by atoms with van der Waals surface area (Å²) in [6.07, 6.45) is 5.40. The van der Waals surface area contributed by atoms with E-state index in [0.29, 0.717) is 12.2 Å². The number of H-pyrrole nitrogens is 1. The second-order valence-electron chi connectivity index (χ2n) is 6.30. The number of nitrogens with zero attached hydrogens (tertiary/aromatic N) is 1. The second-order valence-corrected chi connectivity index (χ2v) is 6.30. The first-order valence-electron chi connectivity index (χ1n) is 8.62. The lowest BCUT2D eigenvalue weighted by atomic mass is 9.89. The molecule has 0 spiro atoms. The Morgan fingerprint density at radius 3 is 2.80 bits per heavy atom. The van der Waals surface area contributed by atoms with E-state index >= 15 is 0 Å². The van der Waals surface area contributed by atoms with Crippen molar-refractivity contribution in [2.75, 3.05) is 6.61 Å². The maximum absolute atomic E-state index is 12.7. The van der Waals surface area contributed by atoms with Crippen LogP contribution in [0.25, 0.3) is 22.5 Å². The van der Waals surface area contributed by atoms with Gasteiger partial charge in [0.25, 0.3) is 0 Å². The third kappa shape index (κ3) is 2.54. The number of aromatic nitrogens is 2. The fourth-order valence-corrected chi connectivity index (χ4v) is 3.63. The van der Waals surface area contributed by atoms with Crippen molar-refractivity contribution in [3.8, 4) is 22.5 Å². The minimum atomic E-state index is -0.254. The summed E-state index contributed by atoms with van der Waals surface area (Å²) in [6.45, 7) is 4.26. The molecule has 0 amide bonds. The van der Waals surface area contributed by atoms with E-state index in [2.05, 4.69) is 23.0 Å². The van der Waals surface area contributed by atoms with Gasteiger partial charge >= 0.3 is 5.97 Å². The van der Waals surface area contributed by atoms with Gasteiger partial charge in [-0.1, -0.05) is 24.3 Å². The van der Waals surface area contributed by atoms with Crippen molar-refractivity contribution in [1.29, 1.82) is 0 Å². The molecule has 0 bridgehead atoms. The van der Waals surface area contributed by atoms with Crippen LogP contribution in [0.15, 0.2) is 42.7 Å². The highest BCUT2D eigenvalue weighted by Gasteiger charge is 2.29. The number of hydrogen-bond acceptors (Lipinski definition) is 3. The number of esters is 1. The van der Waals surface area contributed by atoms with Gasteiger partial charge in [-0.25, -0.2) is 4.79 Å². The summed E-state index contributed by atoms with van der Waals surface area (Å²) in [5.41, 5.74) is 8.10. The normalized spacial score (nSPS) is 12.4. The average Bonchev–Trinajstić information content (AvgIpc) is 3.02. The fourth-order valence-electron chi connectivity index (χ4n) is 3.63. The smallest absolute Gasteiger partial charge is 0.340 e. The van der Waals surface area contributed by atoms with Crippen LogP contribution in [0.5, 0.6) is 0 Å². The number of carbonyl (C=O) groups excluding carboxylic acids is 1. The summed E-state index contributed by atoms with van der Waals surface area (Å²) >= 11 is 0. The molecule has 0 unspecified atom stereocenters. The number of hydrogen-bond donors (Lipinski definition) is 1. The van der Waals surface area contributed by atoms with E-state index in [0.717, 1.165) is 46.5 Å². The van der Waals surface area contributed by atoms with Gasteiger partial charge in [0.15, 0.2) is 0 Å². The molecule has 2 heterocycles. The Hall–Kier alpha value is -2.88. The fraction of sp³-hybridized carbons (Fsp3) is 0.238. The number of nitrogens with one attached hydrogen (secondary N) is 1. The van der Waals surface area contributed by atoms with Gasteiger partial charge in [-0.2, -0.15) is 0 Å². The summed E-state index contributed by atoms with van der Waals surface area (Å²) in [5, 5.41) is 0. The predicted molar refractivity (Wildman–Crippen MR) is 97.6 cm³/mol. The third-order valence-electron chi connectivity index (χ3n) is 4.81. The van der Waals surface area contributed by atoms with Gasteiger partial charge in [0.2, 0.25) is 0 Å². The van der Waals surface area contributed by atoms with Crippen LogP contribution >= 0.6 is 0 Å². The van der Waals surface area contributed by atoms with E-state index < -0.39 is 0 Å². The van der Waals surface area contributed by atoms with E-state index in [1.54, 1.807) is 6.20 Å². The van der Waals surface area contributed by atoms with Crippen LogP contribution < -0.4 is 0 Å². The SMILES string of the molecule is CCOC(=O)c1c(-c2ccccc2C)[nH]c2c1CCc1cnccc1-2. The van der Waals surface area contributed by atoms with Gasteiger partial charge in [0.1, 0.15) is 0 Å². The van der Waals surface area contributed by atoms with Crippen LogP contribution in [0.2, 0.25) is 0 Å². The van der Waals surface area contributed by atoms with Gasteiger partial charge in [-0.15, -0.1) is 0 Å². The Bertz CT molecular complexity index is 956. The topological polar surface area (TPSA) is 55.0 Å². The number of benzene rings is 1. The molecule has 1 N–H and O–H groups in total. The first-order valence-corrected chi connectivity index (χ1v) is 8.62. The van der Waals surface area contributed by atoms with Gasteiger partial charge in [-0.3, -0.25) is 4.98 Å². The largest absolute Gasteiger partial charge is 0.462 e. The second kappa shape index (κ2) is 6.20. The van der Waals surface area contributed by atoms with Crippen LogP contribution in [-0.2, 0) is 17.6 Å². The van der Waals surface area contributed by atoms with Crippen molar-refractivity contribution < 1.29 is 9.53 Å². The molecule has 2 aromatic heterocycles. The Labute approximate surface area is 146 Å². The summed E-state index contributed by atoms with van der Waals surface area (Å²) < 4.78 is 5.37. The minimum Gasteiger partial charge on any atom is -0.462 e. The average molecular weight is 332 g/mol. The number of carbonyl (C=O) groups is 1. The van der Waals surface area contributed by atoms with E-state index in [1.165, 1.54) is 5.56 Å². The minimum absolute atomic E-state index is 0.254. The number of aromatic amines is 1. The molecule has 0 saturated heterocycles. The molecular formula is C21H20N2O2. The molecule has 0 aliphatic heterocycles. The van der Waals surface area contributed by atoms with Gasteiger partial charge in [-0.05, 0) is 49.4 Å².